The highest BCUT2D eigenvalue weighted by molar-refractivity contribution is 6.19. The summed E-state index contributed by atoms with van der Waals surface area (Å²) in [5.74, 6) is 1.29. The predicted molar refractivity (Wildman–Crippen MR) is 149 cm³/mol. The van der Waals surface area contributed by atoms with E-state index in [2.05, 4.69) is 15.1 Å². The highest BCUT2D eigenvalue weighted by atomic mass is 16.5. The molecule has 2 amide bonds. The number of pyridine rings is 1. The van der Waals surface area contributed by atoms with Crippen LogP contribution in [0, 0.1) is 6.92 Å². The Labute approximate surface area is 227 Å². The molecule has 39 heavy (non-hydrogen) atoms. The third-order valence-electron chi connectivity index (χ3n) is 7.63. The number of carbonyl (C=O) groups excluding carboxylic acids is 2. The van der Waals surface area contributed by atoms with Crippen LogP contribution in [0.5, 0.6) is 0 Å². The van der Waals surface area contributed by atoms with E-state index in [1.807, 2.05) is 48.9 Å². The molecule has 0 spiro atoms. The molecule has 0 bridgehead atoms. The molecule has 5 heterocycles. The lowest BCUT2D eigenvalue weighted by atomic mass is 10.1. The first-order valence-electron chi connectivity index (χ1n) is 13.5. The largest absolute Gasteiger partial charge is 0.378 e. The third-order valence-corrected chi connectivity index (χ3v) is 7.63. The number of aryl methyl sites for hydroxylation is 2. The van der Waals surface area contributed by atoms with Crippen LogP contribution in [0.3, 0.4) is 0 Å². The Hall–Kier alpha value is -3.83. The van der Waals surface area contributed by atoms with Gasteiger partial charge in [-0.3, -0.25) is 14.5 Å². The Morgan fingerprint density at radius 2 is 1.97 bits per heavy atom. The molecule has 0 radical (unpaired) electrons. The fourth-order valence-corrected chi connectivity index (χ4v) is 5.64. The molecule has 11 nitrogen and oxygen atoms in total. The number of aromatic nitrogens is 3. The summed E-state index contributed by atoms with van der Waals surface area (Å²) in [6.07, 6.45) is 1.15. The smallest absolute Gasteiger partial charge is 0.254 e. The zero-order chi connectivity index (χ0) is 27.1. The summed E-state index contributed by atoms with van der Waals surface area (Å²) in [6, 6.07) is 10.1. The standard InChI is InChI=1S/C28H34N8O3/c1-18-5-4-6-20(13-18)22-14-26(38)36(32-22)24-15-23(35-9-11-39-12-10-35)27-28(31-24)33(3)25(30-27)17-34-8-7-21(16-34)29-19(2)37/h4-6,13,15,21H,7-12,14,16-17H2,1-3H3,(H,29,37). The maximum absolute atomic E-state index is 13.2. The number of nitrogens with one attached hydrogen (secondary N) is 1. The van der Waals surface area contributed by atoms with Crippen molar-refractivity contribution in [2.75, 3.05) is 49.3 Å². The van der Waals surface area contributed by atoms with Crippen LogP contribution in [0.15, 0.2) is 35.4 Å². The molecule has 1 unspecified atom stereocenters. The van der Waals surface area contributed by atoms with Crippen LogP contribution >= 0.6 is 0 Å². The predicted octanol–water partition coefficient (Wildman–Crippen LogP) is 1.96. The van der Waals surface area contributed by atoms with Crippen molar-refractivity contribution in [3.05, 3.63) is 47.3 Å². The highest BCUT2D eigenvalue weighted by Crippen LogP contribution is 2.33. The van der Waals surface area contributed by atoms with E-state index < -0.39 is 0 Å². The van der Waals surface area contributed by atoms with Gasteiger partial charge in [0.15, 0.2) is 11.5 Å². The van der Waals surface area contributed by atoms with Gasteiger partial charge in [-0.1, -0.05) is 29.8 Å². The average molecular weight is 531 g/mol. The van der Waals surface area contributed by atoms with Gasteiger partial charge in [0.25, 0.3) is 5.91 Å². The quantitative estimate of drug-likeness (QED) is 0.519. The number of nitrogens with zero attached hydrogens (tertiary/aromatic N) is 7. The Bertz CT molecular complexity index is 1460. The van der Waals surface area contributed by atoms with Crippen molar-refractivity contribution >= 4 is 40.2 Å². The van der Waals surface area contributed by atoms with Gasteiger partial charge in [-0.2, -0.15) is 10.1 Å². The van der Waals surface area contributed by atoms with Crippen LogP contribution < -0.4 is 15.2 Å². The van der Waals surface area contributed by atoms with Gasteiger partial charge < -0.3 is 19.5 Å². The zero-order valence-electron chi connectivity index (χ0n) is 22.7. The van der Waals surface area contributed by atoms with Crippen molar-refractivity contribution in [3.8, 4) is 0 Å². The van der Waals surface area contributed by atoms with Gasteiger partial charge in [0.2, 0.25) is 5.91 Å². The molecule has 0 saturated carbocycles. The number of rotatable bonds is 6. The molecule has 1 N–H and O–H groups in total. The van der Waals surface area contributed by atoms with E-state index in [-0.39, 0.29) is 24.3 Å². The molecule has 2 saturated heterocycles. The minimum absolute atomic E-state index is 0.00105. The first-order chi connectivity index (χ1) is 18.9. The van der Waals surface area contributed by atoms with E-state index in [0.717, 1.165) is 66.5 Å². The molecule has 1 aromatic carbocycles. The fourth-order valence-electron chi connectivity index (χ4n) is 5.64. The molecule has 11 heteroatoms. The summed E-state index contributed by atoms with van der Waals surface area (Å²) in [5, 5.41) is 9.18. The lowest BCUT2D eigenvalue weighted by Crippen LogP contribution is -2.36. The van der Waals surface area contributed by atoms with Crippen molar-refractivity contribution in [1.82, 2.24) is 24.8 Å². The van der Waals surface area contributed by atoms with E-state index in [4.69, 9.17) is 19.8 Å². The van der Waals surface area contributed by atoms with E-state index in [0.29, 0.717) is 31.2 Å². The molecule has 3 aromatic rings. The molecular formula is C28H34N8O3. The highest BCUT2D eigenvalue weighted by Gasteiger charge is 2.31. The second-order valence-corrected chi connectivity index (χ2v) is 10.6. The van der Waals surface area contributed by atoms with Gasteiger partial charge in [-0.25, -0.2) is 9.97 Å². The Morgan fingerprint density at radius 1 is 1.15 bits per heavy atom. The number of morpholine rings is 1. The van der Waals surface area contributed by atoms with E-state index in [9.17, 15) is 9.59 Å². The van der Waals surface area contributed by atoms with Crippen molar-refractivity contribution in [1.29, 1.82) is 0 Å². The van der Waals surface area contributed by atoms with Gasteiger partial charge in [0.1, 0.15) is 11.3 Å². The van der Waals surface area contributed by atoms with Crippen molar-refractivity contribution in [3.63, 3.8) is 0 Å². The molecular weight excluding hydrogens is 496 g/mol. The summed E-state index contributed by atoms with van der Waals surface area (Å²) in [4.78, 5) is 39.2. The Kier molecular flexibility index (Phi) is 6.78. The minimum Gasteiger partial charge on any atom is -0.378 e. The number of fused-ring (bicyclic) bond motifs is 1. The van der Waals surface area contributed by atoms with Crippen LogP contribution in [0.2, 0.25) is 0 Å². The third kappa shape index (κ3) is 5.11. The van der Waals surface area contributed by atoms with E-state index in [1.54, 1.807) is 6.92 Å². The average Bonchev–Trinajstić information content (AvgIpc) is 3.61. The lowest BCUT2D eigenvalue weighted by Gasteiger charge is -2.29. The number of carbonyl (C=O) groups is 2. The minimum atomic E-state index is -0.102. The molecule has 1 atom stereocenters. The van der Waals surface area contributed by atoms with Gasteiger partial charge in [0.05, 0.1) is 37.6 Å². The van der Waals surface area contributed by atoms with E-state index >= 15 is 0 Å². The summed E-state index contributed by atoms with van der Waals surface area (Å²) in [6.45, 7) is 8.66. The number of hydrogen-bond acceptors (Lipinski definition) is 8. The van der Waals surface area contributed by atoms with E-state index in [1.165, 1.54) is 5.01 Å². The number of amides is 2. The lowest BCUT2D eigenvalue weighted by molar-refractivity contribution is -0.119. The Morgan fingerprint density at radius 3 is 2.74 bits per heavy atom. The molecule has 0 aliphatic carbocycles. The second-order valence-electron chi connectivity index (χ2n) is 10.6. The Balaban J connectivity index is 1.36. The fraction of sp³-hybridized carbons (Fsp3) is 0.464. The number of imidazole rings is 1. The maximum Gasteiger partial charge on any atom is 0.254 e. The van der Waals surface area contributed by atoms with Gasteiger partial charge >= 0.3 is 0 Å². The number of benzene rings is 1. The zero-order valence-corrected chi connectivity index (χ0v) is 22.7. The van der Waals surface area contributed by atoms with Gasteiger partial charge in [0, 0.05) is 52.3 Å². The summed E-state index contributed by atoms with van der Waals surface area (Å²) >= 11 is 0. The first-order valence-corrected chi connectivity index (χ1v) is 13.5. The van der Waals surface area contributed by atoms with Crippen molar-refractivity contribution in [2.45, 2.75) is 39.3 Å². The molecule has 3 aliphatic heterocycles. The first kappa shape index (κ1) is 25.4. The molecule has 204 valence electrons. The summed E-state index contributed by atoms with van der Waals surface area (Å²) in [5.41, 5.74) is 5.28. The number of hydrazone groups is 1. The summed E-state index contributed by atoms with van der Waals surface area (Å²) < 4.78 is 7.62. The monoisotopic (exact) mass is 530 g/mol. The van der Waals surface area contributed by atoms with Crippen molar-refractivity contribution in [2.24, 2.45) is 12.1 Å². The maximum atomic E-state index is 13.2. The van der Waals surface area contributed by atoms with Crippen LogP contribution in [-0.4, -0.2) is 82.4 Å². The molecule has 2 aromatic heterocycles. The van der Waals surface area contributed by atoms with Gasteiger partial charge in [-0.15, -0.1) is 0 Å². The van der Waals surface area contributed by atoms with Gasteiger partial charge in [-0.05, 0) is 18.9 Å². The number of ether oxygens (including phenoxy) is 1. The van der Waals surface area contributed by atoms with Crippen LogP contribution in [0.25, 0.3) is 11.2 Å². The van der Waals surface area contributed by atoms with Crippen LogP contribution in [0.4, 0.5) is 11.5 Å². The molecule has 3 aliphatic rings. The molecule has 2 fully saturated rings. The second kappa shape index (κ2) is 10.4. The molecule has 6 rings (SSSR count). The SMILES string of the molecule is CC(=O)NC1CCN(Cc2nc3c(N4CCOCC4)cc(N4N=C(c5cccc(C)c5)CC4=O)nc3n2C)C1. The summed E-state index contributed by atoms with van der Waals surface area (Å²) in [7, 11) is 1.97. The normalized spacial score (nSPS) is 20.2. The number of likely N-dealkylation sites (tertiary alicyclic amines) is 1. The number of anilines is 2. The topological polar surface area (TPSA) is 108 Å². The van der Waals surface area contributed by atoms with Crippen LogP contribution in [-0.2, 0) is 27.9 Å². The van der Waals surface area contributed by atoms with Crippen molar-refractivity contribution < 1.29 is 14.3 Å². The number of hydrogen-bond donors (Lipinski definition) is 1. The van der Waals surface area contributed by atoms with Crippen LogP contribution in [0.1, 0.15) is 36.7 Å².